The number of amides is 2. The number of aromatic nitrogens is 2. The molecule has 0 aliphatic heterocycles. The Labute approximate surface area is 458 Å². The molecule has 18 nitrogen and oxygen atoms in total. The smallest absolute Gasteiger partial charge is 0.329 e. The number of ether oxygens (including phenoxy) is 4. The lowest BCUT2D eigenvalue weighted by Gasteiger charge is -2.20. The Hall–Kier alpha value is -7.35. The van der Waals surface area contributed by atoms with E-state index in [2.05, 4.69) is 30.6 Å². The minimum atomic E-state index is -0.922. The van der Waals surface area contributed by atoms with Gasteiger partial charge in [-0.05, 0) is 96.5 Å². The monoisotopic (exact) mass is 1090 g/mol. The van der Waals surface area contributed by atoms with Crippen LogP contribution >= 0.6 is 13.5 Å². The molecule has 0 saturated carbocycles. The van der Waals surface area contributed by atoms with Gasteiger partial charge in [0.1, 0.15) is 36.8 Å². The van der Waals surface area contributed by atoms with E-state index in [-0.39, 0.29) is 142 Å². The molecule has 0 radical (unpaired) electrons. The number of nitrogens with zero attached hydrogens (tertiary/aromatic N) is 4. The Morgan fingerprint density at radius 2 is 0.907 bits per heavy atom. The van der Waals surface area contributed by atoms with Gasteiger partial charge < -0.3 is 77.3 Å². The molecular formula is C54H70Cl2N10O8S-2. The van der Waals surface area contributed by atoms with E-state index in [1.54, 1.807) is 48.8 Å². The Morgan fingerprint density at radius 3 is 1.28 bits per heavy atom. The van der Waals surface area contributed by atoms with E-state index in [1.807, 2.05) is 72.8 Å². The first-order valence-electron chi connectivity index (χ1n) is 23.2. The van der Waals surface area contributed by atoms with E-state index < -0.39 is 24.0 Å². The summed E-state index contributed by atoms with van der Waals surface area (Å²) in [6.45, 7) is 0.843. The molecule has 2 heterocycles. The summed E-state index contributed by atoms with van der Waals surface area (Å²) in [6, 6.07) is 32.5. The Bertz CT molecular complexity index is 2570. The number of hydrogen-bond acceptors (Lipinski definition) is 12. The predicted molar refractivity (Wildman–Crippen MR) is 292 cm³/mol. The van der Waals surface area contributed by atoms with Gasteiger partial charge in [-0.15, -0.1) is 0 Å². The molecule has 10 N–H and O–H groups in total. The second-order valence-corrected chi connectivity index (χ2v) is 16.2. The first-order valence-corrected chi connectivity index (χ1v) is 23.2. The second-order valence-electron chi connectivity index (χ2n) is 16.2. The van der Waals surface area contributed by atoms with Crippen LogP contribution in [0.15, 0.2) is 132 Å². The Kier molecular flexibility index (Phi) is 30.6. The van der Waals surface area contributed by atoms with Crippen LogP contribution in [0, 0.1) is 0 Å². The van der Waals surface area contributed by atoms with Gasteiger partial charge in [0, 0.05) is 49.5 Å². The summed E-state index contributed by atoms with van der Waals surface area (Å²) in [6.07, 6.45) is 5.41. The van der Waals surface area contributed by atoms with Gasteiger partial charge in [0.05, 0.1) is 24.6 Å². The van der Waals surface area contributed by atoms with Gasteiger partial charge >= 0.3 is 11.9 Å². The van der Waals surface area contributed by atoms with E-state index in [4.69, 9.17) is 41.9 Å². The molecule has 0 bridgehead atoms. The number of benzene rings is 4. The summed E-state index contributed by atoms with van der Waals surface area (Å²) in [7, 11) is 0. The maximum atomic E-state index is 13.3. The summed E-state index contributed by atoms with van der Waals surface area (Å²) < 4.78 is 24.0. The van der Waals surface area contributed by atoms with Crippen LogP contribution < -0.4 is 67.9 Å². The number of nitrogens with one attached hydrogen (secondary N) is 2. The number of carbonyl (C=O) groups is 4. The molecule has 75 heavy (non-hydrogen) atoms. The molecule has 4 aromatic carbocycles. The quantitative estimate of drug-likeness (QED) is 0.0180. The van der Waals surface area contributed by atoms with E-state index in [0.29, 0.717) is 48.6 Å². The zero-order chi connectivity index (χ0) is 49.5. The molecule has 2 aromatic heterocycles. The molecule has 0 unspecified atom stereocenters. The van der Waals surface area contributed by atoms with Gasteiger partial charge in [0.2, 0.25) is 11.8 Å². The highest BCUT2D eigenvalue weighted by molar-refractivity contribution is 7.59. The molecule has 21 heteroatoms. The molecule has 406 valence electrons. The summed E-state index contributed by atoms with van der Waals surface area (Å²) in [5, 5.41) is 9.45. The Balaban J connectivity index is 0.00000562. The zero-order valence-corrected chi connectivity index (χ0v) is 42.7. The van der Waals surface area contributed by atoms with Crippen LogP contribution in [0.5, 0.6) is 11.5 Å². The molecular weight excluding hydrogens is 1020 g/mol. The molecule has 2 atom stereocenters. The van der Waals surface area contributed by atoms with E-state index >= 15 is 0 Å². The summed E-state index contributed by atoms with van der Waals surface area (Å²) >= 11 is 0. The number of pyridine rings is 2. The van der Waals surface area contributed by atoms with Gasteiger partial charge in [0.15, 0.2) is 11.9 Å². The molecule has 0 fully saturated rings. The number of halogens is 2. The lowest BCUT2D eigenvalue weighted by atomic mass is 9.92. The molecule has 0 aliphatic carbocycles. The normalized spacial score (nSPS) is 10.9. The van der Waals surface area contributed by atoms with Crippen LogP contribution in [0.2, 0.25) is 0 Å². The number of rotatable bonds is 27. The van der Waals surface area contributed by atoms with E-state index in [1.165, 1.54) is 0 Å². The molecule has 0 saturated heterocycles. The fourth-order valence-electron chi connectivity index (χ4n) is 7.59. The lowest BCUT2D eigenvalue weighted by molar-refractivity contribution is -0.150. The van der Waals surface area contributed by atoms with Crippen molar-refractivity contribution in [3.63, 3.8) is 0 Å². The summed E-state index contributed by atoms with van der Waals surface area (Å²) in [5.74, 6) is -0.835. The van der Waals surface area contributed by atoms with Gasteiger partial charge in [-0.2, -0.15) is 13.5 Å². The average molecular weight is 1090 g/mol. The maximum absolute atomic E-state index is 13.3. The van der Waals surface area contributed by atoms with Crippen molar-refractivity contribution < 1.29 is 62.9 Å². The average Bonchev–Trinajstić information content (AvgIpc) is 3.37. The lowest BCUT2D eigenvalue weighted by Crippen LogP contribution is -3.00. The third-order valence-corrected chi connectivity index (χ3v) is 11.0. The number of fused-ring (bicyclic) bond motifs is 2. The Morgan fingerprint density at radius 1 is 0.520 bits per heavy atom. The van der Waals surface area contributed by atoms with Gasteiger partial charge in [-0.3, -0.25) is 29.5 Å². The first kappa shape index (κ1) is 65.7. The molecule has 0 spiro atoms. The van der Waals surface area contributed by atoms with Crippen molar-refractivity contribution in [3.8, 4) is 22.6 Å². The molecule has 2 amide bonds. The van der Waals surface area contributed by atoms with Crippen LogP contribution in [-0.4, -0.2) is 84.0 Å². The van der Waals surface area contributed by atoms with Gasteiger partial charge in [-0.1, -0.05) is 87.6 Å². The van der Waals surface area contributed by atoms with Crippen LogP contribution in [0.25, 0.3) is 32.7 Å². The minimum Gasteiger partial charge on any atom is -1.00 e. The molecule has 6 rings (SSSR count). The van der Waals surface area contributed by atoms with Crippen LogP contribution in [-0.2, 0) is 41.9 Å². The van der Waals surface area contributed by atoms with Crippen molar-refractivity contribution in [1.82, 2.24) is 20.6 Å². The number of esters is 2. The minimum absolute atomic E-state index is 0. The topological polar surface area (TPSA) is 284 Å². The number of carbonyl (C=O) groups excluding carboxylic acids is 4. The van der Waals surface area contributed by atoms with Crippen LogP contribution in [0.1, 0.15) is 77.6 Å². The highest BCUT2D eigenvalue weighted by Gasteiger charge is 2.25. The van der Waals surface area contributed by atoms with Gasteiger partial charge in [0.25, 0.3) is 0 Å². The van der Waals surface area contributed by atoms with Crippen molar-refractivity contribution in [2.45, 2.75) is 91.5 Å². The maximum Gasteiger partial charge on any atom is 0.329 e. The fourth-order valence-corrected chi connectivity index (χ4v) is 7.59. The highest BCUT2D eigenvalue weighted by atomic mass is 35.5. The number of hydrogen-bond donors (Lipinski definition) is 6. The molecule has 0 aliphatic rings. The third kappa shape index (κ3) is 21.2. The second kappa shape index (κ2) is 35.0. The first-order chi connectivity index (χ1) is 34.0. The van der Waals surface area contributed by atoms with Crippen molar-refractivity contribution in [1.29, 1.82) is 0 Å². The van der Waals surface area contributed by atoms with Crippen molar-refractivity contribution in [2.24, 2.45) is 32.9 Å². The number of guanidine groups is 2. The highest BCUT2D eigenvalue weighted by Crippen LogP contribution is 2.45. The van der Waals surface area contributed by atoms with Crippen molar-refractivity contribution in [2.75, 3.05) is 26.3 Å². The largest absolute Gasteiger partial charge is 1.00 e. The SMILES string of the molecule is C.C.NC(N)=NCCC[C@@H](NC(=O)CCCOc1ccc2ccccc2c1-c1c(OCCCC(=O)N[C@H](CCCN=C(N)N)C(=O)OCc2ccccn2)ccc2ccccc12)C(=O)OCc1ccccn1.S.[Cl-].[Cl-]. The number of nitrogens with two attached hydrogens (primary N) is 4. The van der Waals surface area contributed by atoms with E-state index in [9.17, 15) is 19.2 Å². The van der Waals surface area contributed by atoms with Crippen LogP contribution in [0.4, 0.5) is 0 Å². The zero-order valence-electron chi connectivity index (χ0n) is 40.2. The standard InChI is InChI=1S/C52H60N10O8.2CH4.2ClH.H2S/c53-51(54)59-29-9-19-41(49(65)69-33-37-15-5-7-27-57-37)61-45(63)21-11-31-67-43-25-23-35-13-1-3-17-39(35)47(43)48-40-18-4-2-14-36(40)24-26-44(48)68-32-12-22-46(64)62-42(20-10-30-60-52(55)56)50(66)70-34-38-16-6-8-28-58-38;;;;;/h1-8,13-18,23-28,41-42H,9-12,19-22,29-34H2,(H,61,63)(H,62,64)(H4,53,54,59)(H4,55,56,60);2*1H4;2*1H;1H2/p-2/t41-,42-;;;;;/m1...../s1. The summed E-state index contributed by atoms with van der Waals surface area (Å²) in [5.41, 5.74) is 24.6. The molecule has 6 aromatic rings. The fraction of sp³-hybridized carbons (Fsp3) is 0.333. The van der Waals surface area contributed by atoms with Crippen molar-refractivity contribution in [3.05, 3.63) is 133 Å². The van der Waals surface area contributed by atoms with Crippen molar-refractivity contribution >= 4 is 70.7 Å². The van der Waals surface area contributed by atoms with E-state index in [0.717, 1.165) is 32.7 Å². The van der Waals surface area contributed by atoms with Gasteiger partial charge in [-0.25, -0.2) is 9.59 Å². The summed E-state index contributed by atoms with van der Waals surface area (Å²) in [4.78, 5) is 69.3. The third-order valence-electron chi connectivity index (χ3n) is 11.0. The predicted octanol–water partition coefficient (Wildman–Crippen LogP) is 0.725. The van der Waals surface area contributed by atoms with Crippen LogP contribution in [0.3, 0.4) is 0 Å². The number of aliphatic imine (C=N–C) groups is 2.